The molecule has 10 heavy (non-hydrogen) atoms. The molecule has 0 aromatic heterocycles. The van der Waals surface area contributed by atoms with Crippen LogP contribution in [0, 0.1) is 0 Å². The van der Waals surface area contributed by atoms with Crippen molar-refractivity contribution >= 4 is 24.7 Å². The highest BCUT2D eigenvalue weighted by Gasteiger charge is 1.89. The molecule has 0 aromatic carbocycles. The normalized spacial score (nSPS) is 21.9. The average molecular weight is 246 g/mol. The predicted molar refractivity (Wildman–Crippen MR) is 56.7 cm³/mol. The minimum atomic E-state index is 0.231. The molecule has 0 saturated carbocycles. The third-order valence-electron chi connectivity index (χ3n) is 1.24. The van der Waals surface area contributed by atoms with Crippen LogP contribution in [0.2, 0.25) is 0 Å². The van der Waals surface area contributed by atoms with Crippen LogP contribution in [-0.4, -0.2) is 4.01 Å². The van der Waals surface area contributed by atoms with Gasteiger partial charge in [0.1, 0.15) is 0 Å². The summed E-state index contributed by atoms with van der Waals surface area (Å²) < 4.78 is 4.65. The molecule has 0 amide bonds. The van der Waals surface area contributed by atoms with E-state index >= 15 is 0 Å². The van der Waals surface area contributed by atoms with Gasteiger partial charge in [0, 0.05) is 0 Å². The van der Waals surface area contributed by atoms with E-state index in [1.807, 2.05) is 0 Å². The predicted octanol–water partition coefficient (Wildman–Crippen LogP) is 3.18. The van der Waals surface area contributed by atoms with E-state index < -0.39 is 0 Å². The Bertz CT molecular complexity index is 207. The molecule has 0 saturated heterocycles. The molecule has 0 heterocycles. The standard InChI is InChI=1S/C9H11I/c1-2-10-8-9-6-4-3-5-7-9/h2-6,8H,7H2,1H3/b9-8-. The number of rotatable bonds is 1. The molecular weight excluding hydrogens is 235 g/mol. The zero-order valence-corrected chi connectivity index (χ0v) is 8.21. The summed E-state index contributed by atoms with van der Waals surface area (Å²) in [4.78, 5) is 0. The summed E-state index contributed by atoms with van der Waals surface area (Å²) >= 11 is 0.231. The minimum absolute atomic E-state index is 0.231. The Kier molecular flexibility index (Phi) is 3.65. The van der Waals surface area contributed by atoms with Crippen LogP contribution in [0.5, 0.6) is 0 Å². The fraction of sp³-hybridized carbons (Fsp3) is 0.222. The van der Waals surface area contributed by atoms with E-state index in [4.69, 9.17) is 0 Å². The lowest BCUT2D eigenvalue weighted by molar-refractivity contribution is 1.28. The molecule has 0 spiro atoms. The summed E-state index contributed by atoms with van der Waals surface area (Å²) in [6.07, 6.45) is 9.73. The fourth-order valence-electron chi connectivity index (χ4n) is 0.755. The second-order valence-electron chi connectivity index (χ2n) is 2.02. The van der Waals surface area contributed by atoms with E-state index in [0.717, 1.165) is 6.42 Å². The quantitative estimate of drug-likeness (QED) is 0.623. The van der Waals surface area contributed by atoms with E-state index in [1.165, 1.54) is 5.57 Å². The zero-order chi connectivity index (χ0) is 7.23. The SMILES string of the molecule is CC=I/C=C1/C=CC=CC1. The lowest BCUT2D eigenvalue weighted by atomic mass is 10.1. The van der Waals surface area contributed by atoms with Gasteiger partial charge in [-0.05, 0) is 23.0 Å². The molecule has 1 aliphatic rings. The number of allylic oxidation sites excluding steroid dienone is 5. The van der Waals surface area contributed by atoms with Crippen LogP contribution < -0.4 is 0 Å². The van der Waals surface area contributed by atoms with Gasteiger partial charge in [0.25, 0.3) is 0 Å². The molecule has 0 aromatic rings. The van der Waals surface area contributed by atoms with Crippen LogP contribution in [-0.2, 0) is 0 Å². The highest BCUT2D eigenvalue weighted by atomic mass is 127. The smallest absolute Gasteiger partial charge is 0.00900 e. The summed E-state index contributed by atoms with van der Waals surface area (Å²) in [5, 5.41) is 0. The Balaban J connectivity index is 2.58. The molecule has 1 rings (SSSR count). The van der Waals surface area contributed by atoms with Gasteiger partial charge in [-0.25, -0.2) is 0 Å². The Morgan fingerprint density at radius 1 is 1.50 bits per heavy atom. The van der Waals surface area contributed by atoms with Gasteiger partial charge in [0.05, 0.1) is 0 Å². The van der Waals surface area contributed by atoms with Crippen molar-refractivity contribution < 1.29 is 0 Å². The van der Waals surface area contributed by atoms with Crippen LogP contribution in [0.1, 0.15) is 13.3 Å². The summed E-state index contributed by atoms with van der Waals surface area (Å²) in [5.74, 6) is 0. The van der Waals surface area contributed by atoms with Crippen LogP contribution in [0.25, 0.3) is 0 Å². The molecule has 0 radical (unpaired) electrons. The summed E-state index contributed by atoms with van der Waals surface area (Å²) in [6, 6.07) is 0. The highest BCUT2D eigenvalue weighted by Crippen LogP contribution is 2.13. The van der Waals surface area contributed by atoms with Crippen LogP contribution >= 0.6 is 20.7 Å². The van der Waals surface area contributed by atoms with E-state index in [9.17, 15) is 0 Å². The molecule has 0 N–H and O–H groups in total. The first-order valence-corrected chi connectivity index (χ1v) is 5.84. The second-order valence-corrected chi connectivity index (χ2v) is 4.61. The first-order valence-electron chi connectivity index (χ1n) is 3.35. The number of halogens is 1. The molecule has 1 aliphatic carbocycles. The van der Waals surface area contributed by atoms with E-state index in [0.29, 0.717) is 0 Å². The van der Waals surface area contributed by atoms with E-state index in [1.54, 1.807) is 0 Å². The van der Waals surface area contributed by atoms with Crippen molar-refractivity contribution in [1.82, 2.24) is 0 Å². The van der Waals surface area contributed by atoms with Crippen molar-refractivity contribution in [3.05, 3.63) is 34.0 Å². The van der Waals surface area contributed by atoms with Gasteiger partial charge in [0.2, 0.25) is 0 Å². The van der Waals surface area contributed by atoms with Crippen molar-refractivity contribution in [2.24, 2.45) is 0 Å². The Hall–Kier alpha value is -0.180. The van der Waals surface area contributed by atoms with Crippen molar-refractivity contribution in [1.29, 1.82) is 0 Å². The molecule has 0 fully saturated rings. The number of hydrogen-bond acceptors (Lipinski definition) is 0. The highest BCUT2D eigenvalue weighted by molar-refractivity contribution is 14.2. The Labute approximate surface area is 72.1 Å². The Morgan fingerprint density at radius 3 is 3.00 bits per heavy atom. The van der Waals surface area contributed by atoms with Crippen molar-refractivity contribution in [2.75, 3.05) is 0 Å². The van der Waals surface area contributed by atoms with Crippen LogP contribution in [0.15, 0.2) is 34.0 Å². The molecule has 0 atom stereocenters. The van der Waals surface area contributed by atoms with Gasteiger partial charge in [-0.2, -0.15) is 0 Å². The first kappa shape index (κ1) is 7.92. The molecule has 0 nitrogen and oxygen atoms in total. The monoisotopic (exact) mass is 246 g/mol. The zero-order valence-electron chi connectivity index (χ0n) is 6.05. The molecule has 0 unspecified atom stereocenters. The Morgan fingerprint density at radius 2 is 2.40 bits per heavy atom. The third kappa shape index (κ3) is 2.60. The maximum Gasteiger partial charge on any atom is -0.00900 e. The van der Waals surface area contributed by atoms with Crippen molar-refractivity contribution in [3.63, 3.8) is 0 Å². The fourth-order valence-corrected chi connectivity index (χ4v) is 2.04. The van der Waals surface area contributed by atoms with E-state index in [-0.39, 0.29) is 20.7 Å². The average Bonchev–Trinajstić information content (AvgIpc) is 2.03. The van der Waals surface area contributed by atoms with Gasteiger partial charge in [-0.1, -0.05) is 49.0 Å². The molecule has 54 valence electrons. The molecule has 1 heteroatoms. The van der Waals surface area contributed by atoms with Gasteiger partial charge in [-0.15, -0.1) is 0 Å². The lowest BCUT2D eigenvalue weighted by Crippen LogP contribution is -1.76. The van der Waals surface area contributed by atoms with Crippen LogP contribution in [0.3, 0.4) is 0 Å². The second kappa shape index (κ2) is 4.61. The topological polar surface area (TPSA) is 0 Å². The van der Waals surface area contributed by atoms with Crippen LogP contribution in [0.4, 0.5) is 0 Å². The molecular formula is C9H11I. The first-order chi connectivity index (χ1) is 4.93. The van der Waals surface area contributed by atoms with Gasteiger partial charge in [0.15, 0.2) is 0 Å². The van der Waals surface area contributed by atoms with Gasteiger partial charge in [-0.3, -0.25) is 0 Å². The summed E-state index contributed by atoms with van der Waals surface area (Å²) in [5.41, 5.74) is 1.48. The number of hydrogen-bond donors (Lipinski definition) is 0. The maximum atomic E-state index is 2.37. The van der Waals surface area contributed by atoms with Gasteiger partial charge >= 0.3 is 0 Å². The third-order valence-corrected chi connectivity index (χ3v) is 3.12. The summed E-state index contributed by atoms with van der Waals surface area (Å²) in [7, 11) is 0. The van der Waals surface area contributed by atoms with E-state index in [2.05, 4.69) is 39.3 Å². The van der Waals surface area contributed by atoms with Crippen molar-refractivity contribution in [3.8, 4) is 0 Å². The van der Waals surface area contributed by atoms with Gasteiger partial charge < -0.3 is 0 Å². The minimum Gasteiger partial charge on any atom is -0.0982 e. The lowest BCUT2D eigenvalue weighted by Gasteiger charge is -1.97. The largest absolute Gasteiger partial charge is 0.0982 e. The maximum absolute atomic E-state index is 2.37. The summed E-state index contributed by atoms with van der Waals surface area (Å²) in [6.45, 7) is 2.13. The molecule has 0 aliphatic heterocycles. The van der Waals surface area contributed by atoms with Crippen molar-refractivity contribution in [2.45, 2.75) is 13.3 Å². The molecule has 0 bridgehead atoms.